The van der Waals surface area contributed by atoms with Gasteiger partial charge >= 0.3 is 0 Å². The molecule has 0 spiro atoms. The van der Waals surface area contributed by atoms with Crippen LogP contribution in [0.25, 0.3) is 10.9 Å². The highest BCUT2D eigenvalue weighted by molar-refractivity contribution is 5.79. The molecule has 0 saturated carbocycles. The molecule has 0 saturated heterocycles. The molecule has 0 atom stereocenters. The van der Waals surface area contributed by atoms with Gasteiger partial charge in [-0.3, -0.25) is 4.98 Å². The Labute approximate surface area is 142 Å². The third-order valence-corrected chi connectivity index (χ3v) is 2.62. The number of aryl methyl sites for hydroxylation is 2. The molecule has 0 unspecified atom stereocenters. The van der Waals surface area contributed by atoms with E-state index in [0.29, 0.717) is 0 Å². The van der Waals surface area contributed by atoms with Gasteiger partial charge in [0, 0.05) is 20.0 Å². The molecule has 1 aromatic heterocycles. The van der Waals surface area contributed by atoms with Gasteiger partial charge in [0.15, 0.2) is 0 Å². The molecule has 0 aliphatic rings. The lowest BCUT2D eigenvalue weighted by Crippen LogP contribution is -1.86. The van der Waals surface area contributed by atoms with E-state index >= 15 is 0 Å². The molecule has 0 fully saturated rings. The second kappa shape index (κ2) is 19.7. The van der Waals surface area contributed by atoms with Crippen molar-refractivity contribution in [3.8, 4) is 0 Å². The van der Waals surface area contributed by atoms with Crippen LogP contribution < -0.4 is 0 Å². The minimum absolute atomic E-state index is 0. The van der Waals surface area contributed by atoms with Gasteiger partial charge in [0.1, 0.15) is 0 Å². The Kier molecular flexibility index (Phi) is 25.8. The van der Waals surface area contributed by atoms with Crippen LogP contribution in [-0.2, 0) is 12.8 Å². The molecular weight excluding hydrogens is 265 g/mol. The van der Waals surface area contributed by atoms with Crippen LogP contribution in [0.15, 0.2) is 30.5 Å². The zero-order chi connectivity index (χ0) is 16.0. The number of nitrogens with zero attached hydrogens (tertiary/aromatic N) is 1. The first kappa shape index (κ1) is 28.8. The van der Waals surface area contributed by atoms with E-state index in [1.54, 1.807) is 0 Å². The lowest BCUT2D eigenvalue weighted by molar-refractivity contribution is 1.11. The van der Waals surface area contributed by atoms with Crippen LogP contribution in [0.3, 0.4) is 0 Å². The SMILES string of the molecule is C.CC.CC.CC.CCc1cnc2cc(CC)ccc2c1.[B]. The number of hydrogen-bond donors (Lipinski definition) is 0. The van der Waals surface area contributed by atoms with E-state index in [-0.39, 0.29) is 15.8 Å². The Morgan fingerprint density at radius 1 is 0.773 bits per heavy atom. The van der Waals surface area contributed by atoms with Crippen molar-refractivity contribution in [3.63, 3.8) is 0 Å². The van der Waals surface area contributed by atoms with Crippen molar-refractivity contribution in [2.75, 3.05) is 0 Å². The van der Waals surface area contributed by atoms with Crippen molar-refractivity contribution < 1.29 is 0 Å². The molecule has 2 rings (SSSR count). The summed E-state index contributed by atoms with van der Waals surface area (Å²) < 4.78 is 0. The summed E-state index contributed by atoms with van der Waals surface area (Å²) in [5.74, 6) is 0. The highest BCUT2D eigenvalue weighted by Crippen LogP contribution is 2.15. The standard InChI is InChI=1S/C13H15N.3C2H6.CH4.B/c1-3-10-5-6-12-7-11(4-2)9-14-13(12)8-10;3*1-2;;/h5-9H,3-4H2,1-2H3;3*1-2H3;1H4;. The number of pyridine rings is 1. The molecule has 0 bridgehead atoms. The molecule has 0 amide bonds. The maximum Gasteiger partial charge on any atom is 0.0704 e. The molecule has 1 aromatic carbocycles. The van der Waals surface area contributed by atoms with Crippen LogP contribution in [0, 0.1) is 0 Å². The molecule has 2 aromatic rings. The van der Waals surface area contributed by atoms with Gasteiger partial charge < -0.3 is 0 Å². The normalized spacial score (nSPS) is 7.64. The first-order valence-corrected chi connectivity index (χ1v) is 8.21. The number of rotatable bonds is 2. The van der Waals surface area contributed by atoms with Crippen molar-refractivity contribution in [2.45, 2.75) is 75.7 Å². The predicted molar refractivity (Wildman–Crippen MR) is 107 cm³/mol. The number of benzene rings is 1. The fourth-order valence-electron chi connectivity index (χ4n) is 1.63. The van der Waals surface area contributed by atoms with Gasteiger partial charge in [-0.05, 0) is 36.1 Å². The van der Waals surface area contributed by atoms with Gasteiger partial charge in [-0.25, -0.2) is 0 Å². The van der Waals surface area contributed by atoms with E-state index in [1.165, 1.54) is 16.5 Å². The van der Waals surface area contributed by atoms with Crippen molar-refractivity contribution in [3.05, 3.63) is 41.6 Å². The predicted octanol–water partition coefficient (Wildman–Crippen LogP) is 6.69. The lowest BCUT2D eigenvalue weighted by Gasteiger charge is -2.02. The monoisotopic (exact) mass is 302 g/mol. The quantitative estimate of drug-likeness (QED) is 0.563. The third kappa shape index (κ3) is 9.60. The Morgan fingerprint density at radius 2 is 1.27 bits per heavy atom. The molecule has 1 heterocycles. The molecule has 3 radical (unpaired) electrons. The summed E-state index contributed by atoms with van der Waals surface area (Å²) in [7, 11) is 0. The average Bonchev–Trinajstić information content (AvgIpc) is 2.59. The maximum absolute atomic E-state index is 4.46. The third-order valence-electron chi connectivity index (χ3n) is 2.62. The van der Waals surface area contributed by atoms with Crippen molar-refractivity contribution in [1.82, 2.24) is 4.98 Å². The smallest absolute Gasteiger partial charge is 0.0704 e. The second-order valence-electron chi connectivity index (χ2n) is 3.58. The first-order valence-electron chi connectivity index (χ1n) is 8.21. The summed E-state index contributed by atoms with van der Waals surface area (Å²) in [6, 6.07) is 8.75. The molecule has 2 heteroatoms. The number of hydrogen-bond acceptors (Lipinski definition) is 1. The van der Waals surface area contributed by atoms with E-state index in [1.807, 2.05) is 47.7 Å². The van der Waals surface area contributed by atoms with Crippen molar-refractivity contribution in [2.24, 2.45) is 0 Å². The molecule has 0 N–H and O–H groups in total. The van der Waals surface area contributed by atoms with Crippen LogP contribution in [0.5, 0.6) is 0 Å². The largest absolute Gasteiger partial charge is 0.256 e. The summed E-state index contributed by atoms with van der Waals surface area (Å²) in [5.41, 5.74) is 3.78. The van der Waals surface area contributed by atoms with Crippen LogP contribution in [0.4, 0.5) is 0 Å². The van der Waals surface area contributed by atoms with Crippen LogP contribution >= 0.6 is 0 Å². The Morgan fingerprint density at radius 3 is 1.73 bits per heavy atom. The molecule has 125 valence electrons. The summed E-state index contributed by atoms with van der Waals surface area (Å²) in [6.45, 7) is 16.3. The van der Waals surface area contributed by atoms with E-state index in [2.05, 4.69) is 43.1 Å². The van der Waals surface area contributed by atoms with Crippen LogP contribution in [0.2, 0.25) is 0 Å². The van der Waals surface area contributed by atoms with Gasteiger partial charge in [-0.15, -0.1) is 0 Å². The first-order chi connectivity index (χ1) is 9.83. The molecule has 0 aliphatic heterocycles. The fraction of sp³-hybridized carbons (Fsp3) is 0.550. The van der Waals surface area contributed by atoms with Crippen LogP contribution in [0.1, 0.15) is 73.9 Å². The van der Waals surface area contributed by atoms with Crippen LogP contribution in [-0.4, -0.2) is 13.4 Å². The summed E-state index contributed by atoms with van der Waals surface area (Å²) in [6.07, 6.45) is 4.10. The molecule has 0 aliphatic carbocycles. The van der Waals surface area contributed by atoms with Gasteiger partial charge in [0.2, 0.25) is 0 Å². The van der Waals surface area contributed by atoms with Gasteiger partial charge in [-0.1, -0.05) is 74.9 Å². The topological polar surface area (TPSA) is 12.9 Å². The molecular formula is C20H37BN. The average molecular weight is 302 g/mol. The zero-order valence-corrected chi connectivity index (χ0v) is 15.3. The zero-order valence-electron chi connectivity index (χ0n) is 15.3. The van der Waals surface area contributed by atoms with E-state index in [9.17, 15) is 0 Å². The molecule has 1 nitrogen and oxygen atoms in total. The minimum atomic E-state index is 0. The highest BCUT2D eigenvalue weighted by atomic mass is 14.6. The van der Waals surface area contributed by atoms with E-state index in [4.69, 9.17) is 0 Å². The highest BCUT2D eigenvalue weighted by Gasteiger charge is 1.97. The summed E-state index contributed by atoms with van der Waals surface area (Å²) >= 11 is 0. The Hall–Kier alpha value is -1.31. The van der Waals surface area contributed by atoms with E-state index < -0.39 is 0 Å². The molecule has 22 heavy (non-hydrogen) atoms. The van der Waals surface area contributed by atoms with Gasteiger partial charge in [0.05, 0.1) is 5.52 Å². The van der Waals surface area contributed by atoms with Gasteiger partial charge in [-0.2, -0.15) is 0 Å². The van der Waals surface area contributed by atoms with Crippen molar-refractivity contribution >= 4 is 19.3 Å². The maximum atomic E-state index is 4.46. The fourth-order valence-corrected chi connectivity index (χ4v) is 1.63. The number of aromatic nitrogens is 1. The lowest BCUT2D eigenvalue weighted by atomic mass is 10.1. The minimum Gasteiger partial charge on any atom is -0.256 e. The van der Waals surface area contributed by atoms with Gasteiger partial charge in [0.25, 0.3) is 0 Å². The summed E-state index contributed by atoms with van der Waals surface area (Å²) in [4.78, 5) is 4.46. The van der Waals surface area contributed by atoms with E-state index in [0.717, 1.165) is 18.4 Å². The Balaban J connectivity index is -0.000000182. The second-order valence-corrected chi connectivity index (χ2v) is 3.58. The summed E-state index contributed by atoms with van der Waals surface area (Å²) in [5, 5.41) is 1.25. The number of fused-ring (bicyclic) bond motifs is 1. The Bertz CT molecular complexity index is 409. The van der Waals surface area contributed by atoms with Crippen molar-refractivity contribution in [1.29, 1.82) is 0 Å².